The SMILES string of the molecule is O=C(NCc1ccnc(-c2ccco2)c1)c1ccc(Cl)c(Cl)c1. The zero-order valence-corrected chi connectivity index (χ0v) is 13.4. The predicted molar refractivity (Wildman–Crippen MR) is 89.6 cm³/mol. The molecule has 0 spiro atoms. The van der Waals surface area contributed by atoms with E-state index in [1.165, 1.54) is 0 Å². The summed E-state index contributed by atoms with van der Waals surface area (Å²) in [5.41, 5.74) is 2.09. The molecule has 3 aromatic rings. The van der Waals surface area contributed by atoms with Gasteiger partial charge < -0.3 is 9.73 Å². The minimum atomic E-state index is -0.222. The number of nitrogens with one attached hydrogen (secondary N) is 1. The third-order valence-corrected chi connectivity index (χ3v) is 3.97. The molecule has 0 saturated heterocycles. The van der Waals surface area contributed by atoms with Crippen LogP contribution in [0.15, 0.2) is 59.3 Å². The first-order chi connectivity index (χ1) is 11.1. The van der Waals surface area contributed by atoms with Gasteiger partial charge in [-0.25, -0.2) is 0 Å². The summed E-state index contributed by atoms with van der Waals surface area (Å²) in [7, 11) is 0. The summed E-state index contributed by atoms with van der Waals surface area (Å²) >= 11 is 11.8. The van der Waals surface area contributed by atoms with Crippen molar-refractivity contribution in [1.29, 1.82) is 0 Å². The maximum atomic E-state index is 12.1. The number of nitrogens with zero attached hydrogens (tertiary/aromatic N) is 1. The molecule has 23 heavy (non-hydrogen) atoms. The van der Waals surface area contributed by atoms with Gasteiger partial charge >= 0.3 is 0 Å². The number of benzene rings is 1. The zero-order valence-electron chi connectivity index (χ0n) is 11.9. The van der Waals surface area contributed by atoms with Crippen molar-refractivity contribution in [1.82, 2.24) is 10.3 Å². The number of pyridine rings is 1. The molecule has 1 N–H and O–H groups in total. The molecular formula is C17H12Cl2N2O2. The molecule has 4 nitrogen and oxygen atoms in total. The topological polar surface area (TPSA) is 55.1 Å². The standard InChI is InChI=1S/C17H12Cl2N2O2/c18-13-4-3-12(9-14(13)19)17(22)21-10-11-5-6-20-15(8-11)16-2-1-7-23-16/h1-9H,10H2,(H,21,22). The van der Waals surface area contributed by atoms with Crippen LogP contribution in [0.3, 0.4) is 0 Å². The number of rotatable bonds is 4. The van der Waals surface area contributed by atoms with Crippen molar-refractivity contribution < 1.29 is 9.21 Å². The van der Waals surface area contributed by atoms with Crippen LogP contribution >= 0.6 is 23.2 Å². The number of aromatic nitrogens is 1. The second kappa shape index (κ2) is 6.86. The van der Waals surface area contributed by atoms with E-state index in [9.17, 15) is 4.79 Å². The molecule has 3 rings (SSSR count). The molecule has 0 saturated carbocycles. The van der Waals surface area contributed by atoms with Crippen LogP contribution in [0, 0.1) is 0 Å². The summed E-state index contributed by atoms with van der Waals surface area (Å²) in [6.07, 6.45) is 3.27. The first-order valence-electron chi connectivity index (χ1n) is 6.85. The molecule has 1 aromatic carbocycles. The van der Waals surface area contributed by atoms with E-state index in [-0.39, 0.29) is 5.91 Å². The summed E-state index contributed by atoms with van der Waals surface area (Å²) in [6, 6.07) is 12.1. The Balaban J connectivity index is 1.69. The molecule has 6 heteroatoms. The Bertz CT molecular complexity index is 832. The van der Waals surface area contributed by atoms with Gasteiger partial charge in [-0.3, -0.25) is 9.78 Å². The van der Waals surface area contributed by atoms with Crippen molar-refractivity contribution in [2.24, 2.45) is 0 Å². The highest BCUT2D eigenvalue weighted by Gasteiger charge is 2.09. The van der Waals surface area contributed by atoms with E-state index in [1.54, 1.807) is 36.7 Å². The van der Waals surface area contributed by atoms with Gasteiger partial charge in [-0.1, -0.05) is 23.2 Å². The first kappa shape index (κ1) is 15.6. The fraction of sp³-hybridized carbons (Fsp3) is 0.0588. The third kappa shape index (κ3) is 3.73. The molecule has 0 radical (unpaired) electrons. The maximum absolute atomic E-state index is 12.1. The van der Waals surface area contributed by atoms with Crippen molar-refractivity contribution in [2.75, 3.05) is 0 Å². The average molecular weight is 347 g/mol. The van der Waals surface area contributed by atoms with Gasteiger partial charge in [0.2, 0.25) is 0 Å². The Morgan fingerprint density at radius 1 is 1.13 bits per heavy atom. The molecule has 0 atom stereocenters. The van der Waals surface area contributed by atoms with Crippen LogP contribution in [-0.2, 0) is 6.54 Å². The van der Waals surface area contributed by atoms with Gasteiger partial charge in [-0.15, -0.1) is 0 Å². The van der Waals surface area contributed by atoms with E-state index in [0.29, 0.717) is 27.9 Å². The van der Waals surface area contributed by atoms with Gasteiger partial charge in [0.15, 0.2) is 5.76 Å². The number of carbonyl (C=O) groups excluding carboxylic acids is 1. The van der Waals surface area contributed by atoms with E-state index >= 15 is 0 Å². The number of furan rings is 1. The molecule has 0 aliphatic rings. The number of amides is 1. The lowest BCUT2D eigenvalue weighted by Crippen LogP contribution is -2.22. The van der Waals surface area contributed by atoms with E-state index in [0.717, 1.165) is 11.3 Å². The Morgan fingerprint density at radius 3 is 2.74 bits per heavy atom. The van der Waals surface area contributed by atoms with Crippen molar-refractivity contribution in [3.8, 4) is 11.5 Å². The second-order valence-corrected chi connectivity index (χ2v) is 5.65. The smallest absolute Gasteiger partial charge is 0.251 e. The largest absolute Gasteiger partial charge is 0.463 e. The second-order valence-electron chi connectivity index (χ2n) is 4.84. The molecule has 0 unspecified atom stereocenters. The van der Waals surface area contributed by atoms with Crippen LogP contribution < -0.4 is 5.32 Å². The minimum Gasteiger partial charge on any atom is -0.463 e. The number of carbonyl (C=O) groups is 1. The van der Waals surface area contributed by atoms with Gasteiger partial charge in [-0.2, -0.15) is 0 Å². The van der Waals surface area contributed by atoms with Gasteiger partial charge in [0.05, 0.1) is 16.3 Å². The molecule has 0 aliphatic heterocycles. The predicted octanol–water partition coefficient (Wildman–Crippen LogP) is 4.58. The number of halogens is 2. The lowest BCUT2D eigenvalue weighted by atomic mass is 10.2. The lowest BCUT2D eigenvalue weighted by Gasteiger charge is -2.07. The monoisotopic (exact) mass is 346 g/mol. The average Bonchev–Trinajstić information content (AvgIpc) is 3.10. The fourth-order valence-electron chi connectivity index (χ4n) is 2.07. The van der Waals surface area contributed by atoms with Crippen molar-refractivity contribution in [3.63, 3.8) is 0 Å². The fourth-order valence-corrected chi connectivity index (χ4v) is 2.36. The third-order valence-electron chi connectivity index (χ3n) is 3.23. The van der Waals surface area contributed by atoms with Gasteiger partial charge in [0, 0.05) is 18.3 Å². The highest BCUT2D eigenvalue weighted by Crippen LogP contribution is 2.22. The molecule has 1 amide bonds. The van der Waals surface area contributed by atoms with Crippen LogP contribution in [-0.4, -0.2) is 10.9 Å². The molecule has 0 fully saturated rings. The molecule has 0 bridgehead atoms. The molecule has 2 heterocycles. The molecule has 0 aliphatic carbocycles. The van der Waals surface area contributed by atoms with Crippen molar-refractivity contribution >= 4 is 29.1 Å². The Kier molecular flexibility index (Phi) is 4.65. The van der Waals surface area contributed by atoms with Crippen LogP contribution in [0.5, 0.6) is 0 Å². The van der Waals surface area contributed by atoms with Gasteiger partial charge in [-0.05, 0) is 48.0 Å². The zero-order chi connectivity index (χ0) is 16.2. The summed E-state index contributed by atoms with van der Waals surface area (Å²) in [5.74, 6) is 0.461. The summed E-state index contributed by atoms with van der Waals surface area (Å²) in [4.78, 5) is 16.4. The van der Waals surface area contributed by atoms with E-state index in [4.69, 9.17) is 27.6 Å². The normalized spacial score (nSPS) is 10.5. The van der Waals surface area contributed by atoms with Gasteiger partial charge in [0.1, 0.15) is 5.69 Å². The summed E-state index contributed by atoms with van der Waals surface area (Å²) in [6.45, 7) is 0.370. The van der Waals surface area contributed by atoms with Crippen LogP contribution in [0.4, 0.5) is 0 Å². The Hall–Kier alpha value is -2.30. The van der Waals surface area contributed by atoms with Crippen molar-refractivity contribution in [2.45, 2.75) is 6.54 Å². The molecular weight excluding hydrogens is 335 g/mol. The van der Waals surface area contributed by atoms with E-state index < -0.39 is 0 Å². The highest BCUT2D eigenvalue weighted by atomic mass is 35.5. The Morgan fingerprint density at radius 2 is 2.00 bits per heavy atom. The van der Waals surface area contributed by atoms with Gasteiger partial charge in [0.25, 0.3) is 5.91 Å². The highest BCUT2D eigenvalue weighted by molar-refractivity contribution is 6.42. The quantitative estimate of drug-likeness (QED) is 0.752. The minimum absolute atomic E-state index is 0.222. The Labute approximate surface area is 143 Å². The van der Waals surface area contributed by atoms with E-state index in [1.807, 2.05) is 18.2 Å². The molecule has 116 valence electrons. The summed E-state index contributed by atoms with van der Waals surface area (Å²) in [5, 5.41) is 3.60. The van der Waals surface area contributed by atoms with Crippen LogP contribution in [0.1, 0.15) is 15.9 Å². The number of hydrogen-bond donors (Lipinski definition) is 1. The molecule has 2 aromatic heterocycles. The maximum Gasteiger partial charge on any atom is 0.251 e. The van der Waals surface area contributed by atoms with Crippen LogP contribution in [0.2, 0.25) is 10.0 Å². The lowest BCUT2D eigenvalue weighted by molar-refractivity contribution is 0.0951. The van der Waals surface area contributed by atoms with Crippen molar-refractivity contribution in [3.05, 3.63) is 76.1 Å². The first-order valence-corrected chi connectivity index (χ1v) is 7.61. The number of hydrogen-bond acceptors (Lipinski definition) is 3. The summed E-state index contributed by atoms with van der Waals surface area (Å²) < 4.78 is 5.32. The van der Waals surface area contributed by atoms with E-state index in [2.05, 4.69) is 10.3 Å². The van der Waals surface area contributed by atoms with Crippen LogP contribution in [0.25, 0.3) is 11.5 Å².